The molecule has 17 heavy (non-hydrogen) atoms. The lowest BCUT2D eigenvalue weighted by Gasteiger charge is -2.04. The third kappa shape index (κ3) is 4.03. The van der Waals surface area contributed by atoms with E-state index in [4.69, 9.17) is 0 Å². The predicted molar refractivity (Wildman–Crippen MR) is 67.6 cm³/mol. The molecule has 0 bridgehead atoms. The first-order chi connectivity index (χ1) is 8.34. The van der Waals surface area contributed by atoms with Crippen LogP contribution in [0, 0.1) is 5.95 Å². The van der Waals surface area contributed by atoms with Gasteiger partial charge in [-0.1, -0.05) is 18.2 Å². The molecular formula is C12H12FN3S. The van der Waals surface area contributed by atoms with Gasteiger partial charge in [0.05, 0.1) is 0 Å². The topological polar surface area (TPSA) is 37.8 Å². The van der Waals surface area contributed by atoms with Crippen molar-refractivity contribution < 1.29 is 4.39 Å². The Bertz CT molecular complexity index is 464. The summed E-state index contributed by atoms with van der Waals surface area (Å²) in [6.07, 6.45) is 1.21. The summed E-state index contributed by atoms with van der Waals surface area (Å²) in [5.74, 6) is 0.902. The normalized spacial score (nSPS) is 10.2. The molecule has 1 aromatic carbocycles. The van der Waals surface area contributed by atoms with Gasteiger partial charge in [0.2, 0.25) is 5.95 Å². The van der Waals surface area contributed by atoms with Gasteiger partial charge in [0.15, 0.2) is 0 Å². The fraction of sp³-hybridized carbons (Fsp3) is 0.167. The molecule has 0 spiro atoms. The summed E-state index contributed by atoms with van der Waals surface area (Å²) in [6, 6.07) is 11.4. The first-order valence-electron chi connectivity index (χ1n) is 5.24. The number of halogens is 1. The lowest BCUT2D eigenvalue weighted by Crippen LogP contribution is -2.06. The lowest BCUT2D eigenvalue weighted by molar-refractivity contribution is 0.580. The van der Waals surface area contributed by atoms with Crippen molar-refractivity contribution in [3.8, 4) is 0 Å². The smallest absolute Gasteiger partial charge is 0.217 e. The van der Waals surface area contributed by atoms with E-state index in [9.17, 15) is 4.39 Å². The molecule has 1 N–H and O–H groups in total. The van der Waals surface area contributed by atoms with E-state index in [1.165, 1.54) is 17.3 Å². The number of rotatable bonds is 5. The maximum atomic E-state index is 12.7. The Hall–Kier alpha value is -1.62. The van der Waals surface area contributed by atoms with Crippen LogP contribution in [0.25, 0.3) is 0 Å². The van der Waals surface area contributed by atoms with Crippen molar-refractivity contribution in [2.45, 2.75) is 4.90 Å². The van der Waals surface area contributed by atoms with E-state index < -0.39 is 5.95 Å². The van der Waals surface area contributed by atoms with Crippen molar-refractivity contribution in [1.82, 2.24) is 9.97 Å². The van der Waals surface area contributed by atoms with Crippen molar-refractivity contribution in [3.05, 3.63) is 48.7 Å². The van der Waals surface area contributed by atoms with Gasteiger partial charge < -0.3 is 5.32 Å². The molecule has 0 amide bonds. The van der Waals surface area contributed by atoms with Gasteiger partial charge in [-0.2, -0.15) is 4.39 Å². The highest BCUT2D eigenvalue weighted by Gasteiger charge is 1.97. The van der Waals surface area contributed by atoms with Crippen LogP contribution < -0.4 is 5.32 Å². The van der Waals surface area contributed by atoms with Crippen molar-refractivity contribution in [1.29, 1.82) is 0 Å². The predicted octanol–water partition coefficient (Wildman–Crippen LogP) is 2.82. The summed E-state index contributed by atoms with van der Waals surface area (Å²) in [6.45, 7) is 0.732. The monoisotopic (exact) mass is 249 g/mol. The summed E-state index contributed by atoms with van der Waals surface area (Å²) in [7, 11) is 0. The highest BCUT2D eigenvalue weighted by Crippen LogP contribution is 2.16. The van der Waals surface area contributed by atoms with E-state index in [1.807, 2.05) is 18.2 Å². The molecule has 0 unspecified atom stereocenters. The number of aromatic nitrogens is 2. The van der Waals surface area contributed by atoms with E-state index >= 15 is 0 Å². The van der Waals surface area contributed by atoms with Crippen LogP contribution in [-0.2, 0) is 0 Å². The van der Waals surface area contributed by atoms with Gasteiger partial charge in [0.25, 0.3) is 0 Å². The number of nitrogens with zero attached hydrogens (tertiary/aromatic N) is 2. The Balaban J connectivity index is 1.73. The Morgan fingerprint density at radius 1 is 1.18 bits per heavy atom. The average Bonchev–Trinajstić information content (AvgIpc) is 2.36. The zero-order valence-corrected chi connectivity index (χ0v) is 9.95. The third-order valence-corrected chi connectivity index (χ3v) is 3.07. The minimum Gasteiger partial charge on any atom is -0.369 e. The number of benzene rings is 1. The number of nitrogens with one attached hydrogen (secondary N) is 1. The summed E-state index contributed by atoms with van der Waals surface area (Å²) < 4.78 is 12.7. The molecule has 0 aliphatic carbocycles. The zero-order chi connectivity index (χ0) is 11.9. The summed E-state index contributed by atoms with van der Waals surface area (Å²) in [5, 5.41) is 3.04. The maximum absolute atomic E-state index is 12.7. The van der Waals surface area contributed by atoms with Gasteiger partial charge in [-0.15, -0.1) is 11.8 Å². The number of anilines is 1. The number of hydrogen-bond acceptors (Lipinski definition) is 4. The summed E-state index contributed by atoms with van der Waals surface area (Å²) >= 11 is 1.74. The first kappa shape index (κ1) is 11.9. The molecule has 5 heteroatoms. The largest absolute Gasteiger partial charge is 0.369 e. The van der Waals surface area contributed by atoms with Gasteiger partial charge in [-0.05, 0) is 12.1 Å². The maximum Gasteiger partial charge on any atom is 0.217 e. The minimum atomic E-state index is -0.516. The van der Waals surface area contributed by atoms with Crippen LogP contribution in [0.1, 0.15) is 0 Å². The molecule has 0 aliphatic heterocycles. The van der Waals surface area contributed by atoms with Crippen molar-refractivity contribution >= 4 is 17.6 Å². The number of thioether (sulfide) groups is 1. The standard InChI is InChI=1S/C12H12FN3S/c13-11-8-12(16-9-15-11)14-6-7-17-10-4-2-1-3-5-10/h1-5,8-9H,6-7H2,(H,14,15,16). The van der Waals surface area contributed by atoms with Crippen molar-refractivity contribution in [2.75, 3.05) is 17.6 Å². The van der Waals surface area contributed by atoms with E-state index in [-0.39, 0.29) is 0 Å². The highest BCUT2D eigenvalue weighted by atomic mass is 32.2. The van der Waals surface area contributed by atoms with Gasteiger partial charge in [-0.25, -0.2) is 9.97 Å². The second-order valence-electron chi connectivity index (χ2n) is 3.31. The lowest BCUT2D eigenvalue weighted by atomic mass is 10.4. The Morgan fingerprint density at radius 2 is 2.00 bits per heavy atom. The molecule has 3 nitrogen and oxygen atoms in total. The molecule has 0 aliphatic rings. The second-order valence-corrected chi connectivity index (χ2v) is 4.48. The summed E-state index contributed by atoms with van der Waals surface area (Å²) in [5.41, 5.74) is 0. The van der Waals surface area contributed by atoms with E-state index in [0.717, 1.165) is 12.3 Å². The van der Waals surface area contributed by atoms with Gasteiger partial charge >= 0.3 is 0 Å². The molecule has 0 saturated heterocycles. The molecule has 2 rings (SSSR count). The molecular weight excluding hydrogens is 237 g/mol. The van der Waals surface area contributed by atoms with Crippen LogP contribution in [0.2, 0.25) is 0 Å². The SMILES string of the molecule is Fc1cc(NCCSc2ccccc2)ncn1. The van der Waals surface area contributed by atoms with Crippen LogP contribution in [-0.4, -0.2) is 22.3 Å². The molecule has 0 radical (unpaired) electrons. The second kappa shape index (κ2) is 6.20. The van der Waals surface area contributed by atoms with Gasteiger partial charge in [0, 0.05) is 23.3 Å². The Morgan fingerprint density at radius 3 is 2.76 bits per heavy atom. The number of hydrogen-bond donors (Lipinski definition) is 1. The van der Waals surface area contributed by atoms with Gasteiger partial charge in [-0.3, -0.25) is 0 Å². The van der Waals surface area contributed by atoms with Crippen LogP contribution in [0.15, 0.2) is 47.6 Å². The van der Waals surface area contributed by atoms with Crippen LogP contribution >= 0.6 is 11.8 Å². The minimum absolute atomic E-state index is 0.516. The zero-order valence-electron chi connectivity index (χ0n) is 9.14. The Kier molecular flexibility index (Phi) is 4.32. The summed E-state index contributed by atoms with van der Waals surface area (Å²) in [4.78, 5) is 8.53. The molecule has 2 aromatic rings. The van der Waals surface area contributed by atoms with Crippen LogP contribution in [0.4, 0.5) is 10.2 Å². The Labute approximate surface area is 103 Å². The van der Waals surface area contributed by atoms with Crippen LogP contribution in [0.3, 0.4) is 0 Å². The fourth-order valence-corrected chi connectivity index (χ4v) is 2.08. The molecule has 0 saturated carbocycles. The molecule has 1 heterocycles. The van der Waals surface area contributed by atoms with E-state index in [0.29, 0.717) is 5.82 Å². The molecule has 88 valence electrons. The average molecular weight is 249 g/mol. The van der Waals surface area contributed by atoms with Crippen LogP contribution in [0.5, 0.6) is 0 Å². The molecule has 0 fully saturated rings. The molecule has 0 atom stereocenters. The van der Waals surface area contributed by atoms with E-state index in [2.05, 4.69) is 27.4 Å². The van der Waals surface area contributed by atoms with Crippen molar-refractivity contribution in [2.24, 2.45) is 0 Å². The van der Waals surface area contributed by atoms with Crippen molar-refractivity contribution in [3.63, 3.8) is 0 Å². The highest BCUT2D eigenvalue weighted by molar-refractivity contribution is 7.99. The fourth-order valence-electron chi connectivity index (χ4n) is 1.29. The first-order valence-corrected chi connectivity index (χ1v) is 6.22. The third-order valence-electron chi connectivity index (χ3n) is 2.05. The van der Waals surface area contributed by atoms with Gasteiger partial charge in [0.1, 0.15) is 12.1 Å². The van der Waals surface area contributed by atoms with E-state index in [1.54, 1.807) is 11.8 Å². The molecule has 1 aromatic heterocycles. The quantitative estimate of drug-likeness (QED) is 0.502.